The molecule has 8 aliphatic carbocycles. The van der Waals surface area contributed by atoms with E-state index in [1.807, 2.05) is 12.1 Å². The summed E-state index contributed by atoms with van der Waals surface area (Å²) < 4.78 is 24.8. The van der Waals surface area contributed by atoms with Crippen molar-refractivity contribution >= 4 is 29.4 Å². The average molecular weight is 617 g/mol. The Morgan fingerprint density at radius 1 is 0.533 bits per heavy atom. The lowest BCUT2D eigenvalue weighted by Crippen LogP contribution is -2.48. The number of phosphoric ester groups is 1. The van der Waals surface area contributed by atoms with Gasteiger partial charge in [0, 0.05) is 11.1 Å². The van der Waals surface area contributed by atoms with E-state index in [2.05, 4.69) is 48.5 Å². The third-order valence-electron chi connectivity index (χ3n) is 13.9. The number of phosphoric acid groups is 1. The standard InChI is InChI=1S/C40H41O4P/c41-45(42)43-35-7-1-29-15-31(39-17-23-9-24(18-39)11-25(10-23)19-39)3-5-33(29)37(35)38-34-6-4-32(16-30(34)2-8-36(38)44-45)40-20-26-12-27(21-40)14-28(13-26)22-40/h1-8,15-16,23-28H,9-14,17-22H2,(H,41,42). The zero-order valence-corrected chi connectivity index (χ0v) is 26.7. The second kappa shape index (κ2) is 8.75. The average Bonchev–Trinajstić information content (AvgIpc) is 3.11. The third-order valence-corrected chi connectivity index (χ3v) is 14.8. The van der Waals surface area contributed by atoms with Crippen LogP contribution in [-0.2, 0) is 15.4 Å². The number of rotatable bonds is 2. The molecule has 13 rings (SSSR count). The maximum atomic E-state index is 13.2. The van der Waals surface area contributed by atoms with Crippen LogP contribution in [0.1, 0.15) is 88.2 Å². The quantitative estimate of drug-likeness (QED) is 0.228. The second-order valence-corrected chi connectivity index (χ2v) is 18.1. The molecule has 1 aliphatic heterocycles. The van der Waals surface area contributed by atoms with Crippen LogP contribution in [0.2, 0.25) is 0 Å². The van der Waals surface area contributed by atoms with Crippen LogP contribution in [0.3, 0.4) is 0 Å². The molecule has 0 radical (unpaired) electrons. The van der Waals surface area contributed by atoms with Crippen LogP contribution in [0, 0.1) is 35.5 Å². The van der Waals surface area contributed by atoms with E-state index in [1.165, 1.54) is 98.9 Å². The Bertz CT molecular complexity index is 1780. The molecule has 9 aliphatic rings. The van der Waals surface area contributed by atoms with E-state index in [1.54, 1.807) is 0 Å². The van der Waals surface area contributed by atoms with Crippen LogP contribution in [-0.4, -0.2) is 4.89 Å². The van der Waals surface area contributed by atoms with Crippen LogP contribution < -0.4 is 9.05 Å². The molecule has 0 saturated heterocycles. The summed E-state index contributed by atoms with van der Waals surface area (Å²) in [6.45, 7) is 0. The second-order valence-electron chi connectivity index (χ2n) is 16.8. The van der Waals surface area contributed by atoms with E-state index in [4.69, 9.17) is 9.05 Å². The van der Waals surface area contributed by atoms with Crippen molar-refractivity contribution in [2.75, 3.05) is 0 Å². The summed E-state index contributed by atoms with van der Waals surface area (Å²) >= 11 is 0. The minimum absolute atomic E-state index is 0.314. The van der Waals surface area contributed by atoms with Gasteiger partial charge in [-0.15, -0.1) is 0 Å². The van der Waals surface area contributed by atoms with E-state index in [0.29, 0.717) is 22.3 Å². The molecule has 0 unspecified atom stereocenters. The minimum Gasteiger partial charge on any atom is -0.395 e. The molecule has 8 saturated carbocycles. The highest BCUT2D eigenvalue weighted by molar-refractivity contribution is 7.48. The molecule has 4 aromatic rings. The van der Waals surface area contributed by atoms with E-state index < -0.39 is 7.82 Å². The number of hydrogen-bond donors (Lipinski definition) is 1. The van der Waals surface area contributed by atoms with Crippen molar-refractivity contribution in [2.24, 2.45) is 35.5 Å². The fourth-order valence-electron chi connectivity index (χ4n) is 13.1. The molecule has 0 spiro atoms. The topological polar surface area (TPSA) is 55.8 Å². The summed E-state index contributed by atoms with van der Waals surface area (Å²) in [7, 11) is -4.35. The van der Waals surface area contributed by atoms with Gasteiger partial charge < -0.3 is 9.05 Å². The summed E-state index contributed by atoms with van der Waals surface area (Å²) in [5.41, 5.74) is 5.36. The van der Waals surface area contributed by atoms with Crippen molar-refractivity contribution < 1.29 is 18.5 Å². The molecular formula is C40H41O4P. The molecule has 1 heterocycles. The molecule has 4 nitrogen and oxygen atoms in total. The molecule has 0 atom stereocenters. The van der Waals surface area contributed by atoms with Crippen molar-refractivity contribution in [1.82, 2.24) is 0 Å². The predicted molar refractivity (Wildman–Crippen MR) is 178 cm³/mol. The lowest BCUT2D eigenvalue weighted by atomic mass is 9.48. The number of fused-ring (bicyclic) bond motifs is 7. The van der Waals surface area contributed by atoms with Crippen molar-refractivity contribution in [1.29, 1.82) is 0 Å². The SMILES string of the molecule is O=P1(O)Oc2ccc3cc(C45CC6CC(CC(C6)C4)C5)ccc3c2-c2c(ccc3cc(C45CC6CC(CC(C6)C4)C5)ccc23)O1. The van der Waals surface area contributed by atoms with Gasteiger partial charge in [-0.25, -0.2) is 4.57 Å². The van der Waals surface area contributed by atoms with E-state index >= 15 is 0 Å². The fourth-order valence-corrected chi connectivity index (χ4v) is 14.0. The lowest BCUT2D eigenvalue weighted by molar-refractivity contribution is -0.00525. The summed E-state index contributed by atoms with van der Waals surface area (Å²) in [6.07, 6.45) is 16.6. The first-order valence-electron chi connectivity index (χ1n) is 17.7. The van der Waals surface area contributed by atoms with Crippen LogP contribution in [0.25, 0.3) is 32.7 Å². The Labute approximate surface area is 265 Å². The van der Waals surface area contributed by atoms with Gasteiger partial charge >= 0.3 is 7.82 Å². The molecule has 4 aromatic carbocycles. The predicted octanol–water partition coefficient (Wildman–Crippen LogP) is 10.5. The third kappa shape index (κ3) is 3.79. The lowest BCUT2D eigenvalue weighted by Gasteiger charge is -2.57. The van der Waals surface area contributed by atoms with Crippen molar-refractivity contribution in [3.63, 3.8) is 0 Å². The smallest absolute Gasteiger partial charge is 0.395 e. The highest BCUT2D eigenvalue weighted by Crippen LogP contribution is 2.63. The van der Waals surface area contributed by atoms with E-state index in [-0.39, 0.29) is 0 Å². The van der Waals surface area contributed by atoms with E-state index in [9.17, 15) is 9.46 Å². The Morgan fingerprint density at radius 3 is 1.24 bits per heavy atom. The first kappa shape index (κ1) is 26.3. The van der Waals surface area contributed by atoms with Gasteiger partial charge in [-0.05, 0) is 168 Å². The Balaban J connectivity index is 1.08. The Kier molecular flexibility index (Phi) is 5.11. The molecule has 0 amide bonds. The molecule has 45 heavy (non-hydrogen) atoms. The molecule has 5 heteroatoms. The van der Waals surface area contributed by atoms with Gasteiger partial charge in [0.05, 0.1) is 0 Å². The largest absolute Gasteiger partial charge is 0.584 e. The number of benzene rings is 4. The van der Waals surface area contributed by atoms with E-state index in [0.717, 1.165) is 57.4 Å². The van der Waals surface area contributed by atoms with Gasteiger partial charge in [0.1, 0.15) is 11.5 Å². The zero-order chi connectivity index (χ0) is 29.7. The molecule has 8 fully saturated rings. The van der Waals surface area contributed by atoms with Crippen molar-refractivity contribution in [3.8, 4) is 22.6 Å². The summed E-state index contributed by atoms with van der Waals surface area (Å²) in [6, 6.07) is 22.1. The summed E-state index contributed by atoms with van der Waals surface area (Å²) in [4.78, 5) is 10.8. The van der Waals surface area contributed by atoms with Gasteiger partial charge in [-0.2, -0.15) is 0 Å². The first-order valence-corrected chi connectivity index (χ1v) is 19.2. The molecule has 1 N–H and O–H groups in total. The molecule has 0 aromatic heterocycles. The highest BCUT2D eigenvalue weighted by atomic mass is 31.2. The number of hydrogen-bond acceptors (Lipinski definition) is 3. The first-order chi connectivity index (χ1) is 21.8. The summed E-state index contributed by atoms with van der Waals surface area (Å²) in [5.74, 6) is 6.21. The van der Waals surface area contributed by atoms with Gasteiger partial charge in [0.15, 0.2) is 0 Å². The van der Waals surface area contributed by atoms with Gasteiger partial charge in [-0.3, -0.25) is 4.89 Å². The minimum atomic E-state index is -4.35. The maximum Gasteiger partial charge on any atom is 0.584 e. The highest BCUT2D eigenvalue weighted by Gasteiger charge is 2.53. The Hall–Kier alpha value is -2.81. The molecule has 230 valence electrons. The molecular weight excluding hydrogens is 575 g/mol. The van der Waals surface area contributed by atoms with Gasteiger partial charge in [0.2, 0.25) is 0 Å². The van der Waals surface area contributed by atoms with Crippen LogP contribution in [0.4, 0.5) is 0 Å². The fraction of sp³-hybridized carbons (Fsp3) is 0.500. The van der Waals surface area contributed by atoms with Crippen molar-refractivity contribution in [3.05, 3.63) is 71.8 Å². The normalized spacial score (nSPS) is 40.2. The van der Waals surface area contributed by atoms with Crippen LogP contribution in [0.15, 0.2) is 60.7 Å². The zero-order valence-electron chi connectivity index (χ0n) is 25.8. The van der Waals surface area contributed by atoms with Gasteiger partial charge in [-0.1, -0.05) is 48.5 Å². The summed E-state index contributed by atoms with van der Waals surface area (Å²) in [5, 5.41) is 4.47. The maximum absolute atomic E-state index is 13.2. The molecule has 8 bridgehead atoms. The monoisotopic (exact) mass is 616 g/mol. The van der Waals surface area contributed by atoms with Crippen LogP contribution in [0.5, 0.6) is 11.5 Å². The van der Waals surface area contributed by atoms with Crippen molar-refractivity contribution in [2.45, 2.75) is 87.9 Å². The van der Waals surface area contributed by atoms with Crippen LogP contribution >= 0.6 is 7.82 Å². The van der Waals surface area contributed by atoms with Gasteiger partial charge in [0.25, 0.3) is 0 Å². The Morgan fingerprint density at radius 2 is 0.889 bits per heavy atom.